The average Bonchev–Trinajstić information content (AvgIpc) is 3.90. The summed E-state index contributed by atoms with van der Waals surface area (Å²) in [5.41, 5.74) is 22.6. The van der Waals surface area contributed by atoms with Crippen LogP contribution in [0.1, 0.15) is 44.5 Å². The van der Waals surface area contributed by atoms with Crippen molar-refractivity contribution in [2.45, 2.75) is 10.8 Å². The highest BCUT2D eigenvalue weighted by atomic mass is 15.1. The van der Waals surface area contributed by atoms with Gasteiger partial charge in [0.25, 0.3) is 0 Å². The Balaban J connectivity index is 0.920. The van der Waals surface area contributed by atoms with E-state index < -0.39 is 10.8 Å². The fraction of sp³-hybridized carbons (Fsp3) is 0.0294. The van der Waals surface area contributed by atoms with Gasteiger partial charge in [-0.2, -0.15) is 0 Å². The SMILES string of the molecule is c1ccc(N(c2cccc(-c3ccc4c(c3)-c3ccccc3C4(c3ccccc3)c3ccccc3)c2)c2cccc(-c3ccc4c(c3)-c3ccccc3C4(c3ccccc3)c3ccccc3)c2)cc1. The molecule has 0 fully saturated rings. The van der Waals surface area contributed by atoms with Crippen LogP contribution < -0.4 is 4.90 Å². The van der Waals surface area contributed by atoms with Crippen LogP contribution in [0.3, 0.4) is 0 Å². The zero-order chi connectivity index (χ0) is 45.8. The first kappa shape index (κ1) is 40.5. The monoisotopic (exact) mass is 877 g/mol. The van der Waals surface area contributed by atoms with Gasteiger partial charge in [-0.15, -0.1) is 0 Å². The second kappa shape index (κ2) is 16.5. The lowest BCUT2D eigenvalue weighted by Crippen LogP contribution is -2.28. The largest absolute Gasteiger partial charge is 0.310 e. The van der Waals surface area contributed by atoms with Gasteiger partial charge in [-0.3, -0.25) is 0 Å². The summed E-state index contributed by atoms with van der Waals surface area (Å²) in [6, 6.07) is 105. The summed E-state index contributed by atoms with van der Waals surface area (Å²) < 4.78 is 0. The van der Waals surface area contributed by atoms with Crippen LogP contribution in [-0.4, -0.2) is 0 Å². The molecule has 13 rings (SSSR count). The highest BCUT2D eigenvalue weighted by Gasteiger charge is 2.47. The van der Waals surface area contributed by atoms with Crippen molar-refractivity contribution < 1.29 is 0 Å². The third kappa shape index (κ3) is 6.32. The number of nitrogens with zero attached hydrogens (tertiary/aromatic N) is 1. The molecule has 1 nitrogen and oxygen atoms in total. The molecule has 0 amide bonds. The Morgan fingerprint density at radius 2 is 0.507 bits per heavy atom. The molecule has 0 atom stereocenters. The molecular formula is C68H47N. The summed E-state index contributed by atoms with van der Waals surface area (Å²) >= 11 is 0. The maximum atomic E-state index is 2.42. The molecule has 0 aromatic heterocycles. The van der Waals surface area contributed by atoms with Crippen LogP contribution in [0.25, 0.3) is 44.5 Å². The molecular weight excluding hydrogens is 831 g/mol. The van der Waals surface area contributed by atoms with Crippen molar-refractivity contribution in [3.63, 3.8) is 0 Å². The molecule has 0 spiro atoms. The Bertz CT molecular complexity index is 3350. The smallest absolute Gasteiger partial charge is 0.0713 e. The van der Waals surface area contributed by atoms with Gasteiger partial charge in [0.05, 0.1) is 10.8 Å². The first-order valence-electron chi connectivity index (χ1n) is 24.0. The first-order chi connectivity index (χ1) is 34.2. The van der Waals surface area contributed by atoms with Crippen LogP contribution >= 0.6 is 0 Å². The third-order valence-corrected chi connectivity index (χ3v) is 14.8. The molecule has 324 valence electrons. The quantitative estimate of drug-likeness (QED) is 0.140. The van der Waals surface area contributed by atoms with Crippen LogP contribution in [0.4, 0.5) is 17.1 Å². The molecule has 69 heavy (non-hydrogen) atoms. The van der Waals surface area contributed by atoms with E-state index in [9.17, 15) is 0 Å². The predicted octanol–water partition coefficient (Wildman–Crippen LogP) is 17.2. The lowest BCUT2D eigenvalue weighted by molar-refractivity contribution is 0.768. The first-order valence-corrected chi connectivity index (χ1v) is 24.0. The van der Waals surface area contributed by atoms with Gasteiger partial charge in [0, 0.05) is 17.1 Å². The molecule has 0 unspecified atom stereocenters. The van der Waals surface area contributed by atoms with Crippen molar-refractivity contribution in [2.24, 2.45) is 0 Å². The van der Waals surface area contributed by atoms with E-state index in [-0.39, 0.29) is 0 Å². The van der Waals surface area contributed by atoms with E-state index in [1.54, 1.807) is 0 Å². The molecule has 0 bridgehead atoms. The van der Waals surface area contributed by atoms with Crippen LogP contribution in [0.5, 0.6) is 0 Å². The standard InChI is InChI=1S/C68H47N/c1-6-24-52(25-7-1)67(53-26-8-2-9-27-53)63-38-18-16-36-59(63)61-46-50(40-42-65(61)67)48-22-20-34-57(44-48)69(56-32-14-5-15-33-56)58-35-21-23-49(45-58)51-41-43-66-62(47-51)60-37-17-19-39-64(60)68(66,54-28-10-3-11-29-54)55-30-12-4-13-31-55/h1-47H. The Hall–Kier alpha value is -8.78. The minimum Gasteiger partial charge on any atom is -0.310 e. The number of hydrogen-bond acceptors (Lipinski definition) is 1. The normalized spacial score (nSPS) is 13.4. The molecule has 0 N–H and O–H groups in total. The van der Waals surface area contributed by atoms with Crippen molar-refractivity contribution in [2.75, 3.05) is 4.90 Å². The van der Waals surface area contributed by atoms with E-state index in [4.69, 9.17) is 0 Å². The van der Waals surface area contributed by atoms with Crippen molar-refractivity contribution >= 4 is 17.1 Å². The summed E-state index contributed by atoms with van der Waals surface area (Å²) in [5.74, 6) is 0. The van der Waals surface area contributed by atoms with Crippen LogP contribution in [0, 0.1) is 0 Å². The van der Waals surface area contributed by atoms with Gasteiger partial charge in [-0.05, 0) is 138 Å². The topological polar surface area (TPSA) is 3.24 Å². The number of benzene rings is 11. The third-order valence-electron chi connectivity index (χ3n) is 14.8. The van der Waals surface area contributed by atoms with E-state index in [1.807, 2.05) is 0 Å². The number of fused-ring (bicyclic) bond motifs is 6. The van der Waals surface area contributed by atoms with Crippen LogP contribution in [0.15, 0.2) is 285 Å². The fourth-order valence-corrected chi connectivity index (χ4v) is 11.9. The maximum Gasteiger partial charge on any atom is 0.0713 e. The van der Waals surface area contributed by atoms with Gasteiger partial charge in [0.2, 0.25) is 0 Å². The molecule has 0 aliphatic heterocycles. The summed E-state index contributed by atoms with van der Waals surface area (Å²) in [6.07, 6.45) is 0. The van der Waals surface area contributed by atoms with Gasteiger partial charge in [0.1, 0.15) is 0 Å². The minimum atomic E-state index is -0.431. The number of para-hydroxylation sites is 1. The highest BCUT2D eigenvalue weighted by molar-refractivity contribution is 5.92. The van der Waals surface area contributed by atoms with Gasteiger partial charge >= 0.3 is 0 Å². The van der Waals surface area contributed by atoms with E-state index in [0.29, 0.717) is 0 Å². The minimum absolute atomic E-state index is 0.431. The second-order valence-corrected chi connectivity index (χ2v) is 18.3. The van der Waals surface area contributed by atoms with Crippen LogP contribution in [-0.2, 0) is 10.8 Å². The Morgan fingerprint density at radius 3 is 0.899 bits per heavy atom. The molecule has 0 saturated carbocycles. The average molecular weight is 878 g/mol. The molecule has 2 aliphatic carbocycles. The number of rotatable bonds is 9. The Labute approximate surface area is 404 Å². The predicted molar refractivity (Wildman–Crippen MR) is 287 cm³/mol. The van der Waals surface area contributed by atoms with Gasteiger partial charge in [-0.1, -0.05) is 237 Å². The molecule has 0 saturated heterocycles. The molecule has 0 radical (unpaired) electrons. The van der Waals surface area contributed by atoms with Crippen molar-refractivity contribution in [1.29, 1.82) is 0 Å². The lowest BCUT2D eigenvalue weighted by atomic mass is 9.67. The van der Waals surface area contributed by atoms with Crippen molar-refractivity contribution in [3.05, 3.63) is 330 Å². The second-order valence-electron chi connectivity index (χ2n) is 18.3. The van der Waals surface area contributed by atoms with E-state index in [2.05, 4.69) is 290 Å². The highest BCUT2D eigenvalue weighted by Crippen LogP contribution is 2.58. The molecule has 11 aromatic rings. The zero-order valence-electron chi connectivity index (χ0n) is 38.1. The molecule has 0 heterocycles. The van der Waals surface area contributed by atoms with Gasteiger partial charge in [0.15, 0.2) is 0 Å². The molecule has 2 aliphatic rings. The molecule has 1 heteroatoms. The van der Waals surface area contributed by atoms with Gasteiger partial charge < -0.3 is 4.90 Å². The van der Waals surface area contributed by atoms with E-state index >= 15 is 0 Å². The lowest BCUT2D eigenvalue weighted by Gasteiger charge is -2.34. The summed E-state index contributed by atoms with van der Waals surface area (Å²) in [5, 5.41) is 0. The summed E-state index contributed by atoms with van der Waals surface area (Å²) in [6.45, 7) is 0. The van der Waals surface area contributed by atoms with E-state index in [1.165, 1.54) is 89.0 Å². The van der Waals surface area contributed by atoms with Crippen molar-refractivity contribution in [1.82, 2.24) is 0 Å². The fourth-order valence-electron chi connectivity index (χ4n) is 11.9. The number of anilines is 3. The molecule has 11 aromatic carbocycles. The maximum absolute atomic E-state index is 2.42. The van der Waals surface area contributed by atoms with Crippen LogP contribution in [0.2, 0.25) is 0 Å². The van der Waals surface area contributed by atoms with Gasteiger partial charge in [-0.25, -0.2) is 0 Å². The summed E-state index contributed by atoms with van der Waals surface area (Å²) in [4.78, 5) is 2.39. The van der Waals surface area contributed by atoms with E-state index in [0.717, 1.165) is 17.1 Å². The summed E-state index contributed by atoms with van der Waals surface area (Å²) in [7, 11) is 0. The Morgan fingerprint density at radius 1 is 0.203 bits per heavy atom. The zero-order valence-corrected chi connectivity index (χ0v) is 38.1. The number of hydrogen-bond donors (Lipinski definition) is 0. The Kier molecular flexibility index (Phi) is 9.70. The van der Waals surface area contributed by atoms with Crippen molar-refractivity contribution in [3.8, 4) is 44.5 Å².